The number of carbonyl (C=O) groups is 1. The highest BCUT2D eigenvalue weighted by Crippen LogP contribution is 2.39. The number of hydrogen-bond acceptors (Lipinski definition) is 4. The minimum Gasteiger partial charge on any atom is -0.497 e. The van der Waals surface area contributed by atoms with Crippen molar-refractivity contribution in [2.75, 3.05) is 13.7 Å². The first-order valence-corrected chi connectivity index (χ1v) is 9.72. The third kappa shape index (κ3) is 3.23. The number of ether oxygens (including phenoxy) is 2. The van der Waals surface area contributed by atoms with Crippen LogP contribution in [0.15, 0.2) is 48.7 Å². The van der Waals surface area contributed by atoms with Crippen molar-refractivity contribution in [3.8, 4) is 16.9 Å². The predicted molar refractivity (Wildman–Crippen MR) is 115 cm³/mol. The van der Waals surface area contributed by atoms with Crippen LogP contribution in [0.4, 0.5) is 0 Å². The fourth-order valence-corrected chi connectivity index (χ4v) is 4.01. The van der Waals surface area contributed by atoms with Gasteiger partial charge in [-0.2, -0.15) is 0 Å². The van der Waals surface area contributed by atoms with Gasteiger partial charge in [0.2, 0.25) is 0 Å². The molecule has 0 atom stereocenters. The molecule has 0 spiro atoms. The molecule has 0 fully saturated rings. The SMILES string of the molecule is CCOC(=O)Cn1c(C)c(-c2ccnc3c(C)cccc23)c2cc(OC)ccc21. The predicted octanol–water partition coefficient (Wildman–Crippen LogP) is 5.05. The largest absolute Gasteiger partial charge is 0.497 e. The summed E-state index contributed by atoms with van der Waals surface area (Å²) in [6.07, 6.45) is 1.85. The third-order valence-electron chi connectivity index (χ3n) is 5.37. The lowest BCUT2D eigenvalue weighted by Gasteiger charge is -2.10. The van der Waals surface area contributed by atoms with E-state index in [0.29, 0.717) is 6.61 Å². The number of rotatable bonds is 5. The number of hydrogen-bond donors (Lipinski definition) is 0. The smallest absolute Gasteiger partial charge is 0.325 e. The first-order chi connectivity index (χ1) is 14.0. The summed E-state index contributed by atoms with van der Waals surface area (Å²) >= 11 is 0. The molecule has 4 rings (SSSR count). The molecule has 0 bridgehead atoms. The molecular weight excluding hydrogens is 364 g/mol. The summed E-state index contributed by atoms with van der Waals surface area (Å²) in [6.45, 7) is 6.47. The summed E-state index contributed by atoms with van der Waals surface area (Å²) in [6, 6.07) is 14.2. The van der Waals surface area contributed by atoms with Crippen molar-refractivity contribution in [1.29, 1.82) is 0 Å². The molecule has 2 heterocycles. The van der Waals surface area contributed by atoms with Gasteiger partial charge in [-0.3, -0.25) is 9.78 Å². The lowest BCUT2D eigenvalue weighted by molar-refractivity contribution is -0.143. The molecule has 0 N–H and O–H groups in total. The molecule has 29 heavy (non-hydrogen) atoms. The summed E-state index contributed by atoms with van der Waals surface area (Å²) in [5, 5.41) is 2.13. The van der Waals surface area contributed by atoms with Gasteiger partial charge in [-0.15, -0.1) is 0 Å². The van der Waals surface area contributed by atoms with E-state index in [2.05, 4.69) is 30.1 Å². The van der Waals surface area contributed by atoms with Gasteiger partial charge in [-0.05, 0) is 56.2 Å². The number of esters is 1. The molecule has 0 saturated heterocycles. The summed E-state index contributed by atoms with van der Waals surface area (Å²) < 4.78 is 12.7. The van der Waals surface area contributed by atoms with E-state index in [9.17, 15) is 4.79 Å². The summed E-state index contributed by atoms with van der Waals surface area (Å²) in [7, 11) is 1.66. The zero-order valence-corrected chi connectivity index (χ0v) is 17.2. The molecule has 2 aromatic carbocycles. The van der Waals surface area contributed by atoms with Crippen LogP contribution < -0.4 is 4.74 Å². The van der Waals surface area contributed by atoms with Gasteiger partial charge in [0.05, 0.1) is 19.2 Å². The Bertz CT molecular complexity index is 1220. The van der Waals surface area contributed by atoms with Crippen LogP contribution in [-0.4, -0.2) is 29.2 Å². The Kier molecular flexibility index (Phi) is 4.97. The number of para-hydroxylation sites is 1. The quantitative estimate of drug-likeness (QED) is 0.449. The number of aryl methyl sites for hydroxylation is 1. The van der Waals surface area contributed by atoms with Crippen LogP contribution in [0.3, 0.4) is 0 Å². The first kappa shape index (κ1) is 19.0. The van der Waals surface area contributed by atoms with Crippen molar-refractivity contribution in [2.45, 2.75) is 27.3 Å². The van der Waals surface area contributed by atoms with Gasteiger partial charge in [0, 0.05) is 33.7 Å². The van der Waals surface area contributed by atoms with Gasteiger partial charge in [-0.25, -0.2) is 0 Å². The average Bonchev–Trinajstić information content (AvgIpc) is 2.99. The van der Waals surface area contributed by atoms with Gasteiger partial charge < -0.3 is 14.0 Å². The number of methoxy groups -OCH3 is 1. The van der Waals surface area contributed by atoms with E-state index in [1.807, 2.05) is 48.9 Å². The van der Waals surface area contributed by atoms with Crippen molar-refractivity contribution >= 4 is 27.8 Å². The Balaban J connectivity index is 2.03. The molecule has 5 heteroatoms. The standard InChI is InChI=1S/C24H24N2O3/c1-5-29-22(27)14-26-16(3)23(20-13-17(28-4)9-10-21(20)26)18-11-12-25-24-15(2)7-6-8-19(18)24/h6-13H,5,14H2,1-4H3. The summed E-state index contributed by atoms with van der Waals surface area (Å²) in [5.41, 5.74) is 6.28. The van der Waals surface area contributed by atoms with Gasteiger partial charge in [0.15, 0.2) is 0 Å². The van der Waals surface area contributed by atoms with Crippen molar-refractivity contribution in [3.05, 3.63) is 59.9 Å². The molecule has 0 saturated carbocycles. The fraction of sp³-hybridized carbons (Fsp3) is 0.250. The van der Waals surface area contributed by atoms with E-state index in [0.717, 1.165) is 49.9 Å². The van der Waals surface area contributed by atoms with E-state index < -0.39 is 0 Å². The number of fused-ring (bicyclic) bond motifs is 2. The van der Waals surface area contributed by atoms with Crippen molar-refractivity contribution in [2.24, 2.45) is 0 Å². The number of carbonyl (C=O) groups excluding carboxylic acids is 1. The molecule has 0 unspecified atom stereocenters. The Hall–Kier alpha value is -3.34. The second-order valence-electron chi connectivity index (χ2n) is 7.06. The Morgan fingerprint density at radius 3 is 2.69 bits per heavy atom. The van der Waals surface area contributed by atoms with E-state index >= 15 is 0 Å². The lowest BCUT2D eigenvalue weighted by atomic mass is 9.97. The number of aromatic nitrogens is 2. The number of pyridine rings is 1. The molecule has 0 aliphatic rings. The average molecular weight is 388 g/mol. The van der Waals surface area contributed by atoms with Crippen LogP contribution in [0.1, 0.15) is 18.2 Å². The highest BCUT2D eigenvalue weighted by Gasteiger charge is 2.20. The molecule has 2 aromatic heterocycles. The Morgan fingerprint density at radius 2 is 1.93 bits per heavy atom. The number of nitrogens with zero attached hydrogens (tertiary/aromatic N) is 2. The summed E-state index contributed by atoms with van der Waals surface area (Å²) in [5.74, 6) is 0.534. The maximum atomic E-state index is 12.3. The Morgan fingerprint density at radius 1 is 1.10 bits per heavy atom. The van der Waals surface area contributed by atoms with Gasteiger partial charge in [-0.1, -0.05) is 18.2 Å². The topological polar surface area (TPSA) is 53.4 Å². The third-order valence-corrected chi connectivity index (χ3v) is 5.37. The second kappa shape index (κ2) is 7.59. The van der Waals surface area contributed by atoms with E-state index in [-0.39, 0.29) is 12.5 Å². The second-order valence-corrected chi connectivity index (χ2v) is 7.06. The van der Waals surface area contributed by atoms with Crippen LogP contribution in [0.25, 0.3) is 32.9 Å². The van der Waals surface area contributed by atoms with Gasteiger partial charge >= 0.3 is 5.97 Å². The molecule has 0 radical (unpaired) electrons. The molecule has 0 aliphatic heterocycles. The monoisotopic (exact) mass is 388 g/mol. The molecule has 4 aromatic rings. The van der Waals surface area contributed by atoms with Crippen molar-refractivity contribution in [1.82, 2.24) is 9.55 Å². The molecule has 0 amide bonds. The van der Waals surface area contributed by atoms with Crippen LogP contribution in [0, 0.1) is 13.8 Å². The highest BCUT2D eigenvalue weighted by molar-refractivity contribution is 6.06. The zero-order valence-electron chi connectivity index (χ0n) is 17.2. The van der Waals surface area contributed by atoms with Gasteiger partial charge in [0.25, 0.3) is 0 Å². The van der Waals surface area contributed by atoms with E-state index in [4.69, 9.17) is 9.47 Å². The van der Waals surface area contributed by atoms with Crippen molar-refractivity contribution in [3.63, 3.8) is 0 Å². The lowest BCUT2D eigenvalue weighted by Crippen LogP contribution is -2.14. The molecule has 5 nitrogen and oxygen atoms in total. The zero-order chi connectivity index (χ0) is 20.5. The van der Waals surface area contributed by atoms with E-state index in [1.54, 1.807) is 7.11 Å². The molecule has 0 aliphatic carbocycles. The first-order valence-electron chi connectivity index (χ1n) is 9.72. The van der Waals surface area contributed by atoms with Crippen LogP contribution >= 0.6 is 0 Å². The number of benzene rings is 2. The summed E-state index contributed by atoms with van der Waals surface area (Å²) in [4.78, 5) is 16.8. The van der Waals surface area contributed by atoms with Crippen LogP contribution in [-0.2, 0) is 16.1 Å². The minimum absolute atomic E-state index is 0.171. The van der Waals surface area contributed by atoms with Crippen LogP contribution in [0.2, 0.25) is 0 Å². The molecular formula is C24H24N2O3. The highest BCUT2D eigenvalue weighted by atomic mass is 16.5. The van der Waals surface area contributed by atoms with E-state index in [1.165, 1.54) is 0 Å². The van der Waals surface area contributed by atoms with Gasteiger partial charge in [0.1, 0.15) is 12.3 Å². The fourth-order valence-electron chi connectivity index (χ4n) is 4.01. The molecule has 148 valence electrons. The maximum Gasteiger partial charge on any atom is 0.325 e. The van der Waals surface area contributed by atoms with Crippen LogP contribution in [0.5, 0.6) is 5.75 Å². The Labute approximate surface area is 169 Å². The maximum absolute atomic E-state index is 12.3. The normalized spacial score (nSPS) is 11.2. The minimum atomic E-state index is -0.245. The van der Waals surface area contributed by atoms with Crippen molar-refractivity contribution < 1.29 is 14.3 Å².